The Morgan fingerprint density at radius 3 is 2.77 bits per heavy atom. The van der Waals surface area contributed by atoms with Crippen molar-refractivity contribution in [3.63, 3.8) is 0 Å². The van der Waals surface area contributed by atoms with E-state index in [1.807, 2.05) is 4.90 Å². The standard InChI is InChI=1S/C16H20ClN3O2/c17-13-3-1-12(2-4-13)15(21)19-7-14-8-22-6-5-20(14)16(11-19)9-18-10-16/h1-4,14,18H,5-11H2. The van der Waals surface area contributed by atoms with E-state index in [1.54, 1.807) is 24.3 Å². The van der Waals surface area contributed by atoms with Crippen molar-refractivity contribution in [1.29, 1.82) is 0 Å². The van der Waals surface area contributed by atoms with Crippen molar-refractivity contribution in [3.8, 4) is 0 Å². The zero-order valence-electron chi connectivity index (χ0n) is 12.4. The van der Waals surface area contributed by atoms with Gasteiger partial charge in [0.2, 0.25) is 0 Å². The van der Waals surface area contributed by atoms with Crippen LogP contribution in [0.1, 0.15) is 10.4 Å². The van der Waals surface area contributed by atoms with Gasteiger partial charge < -0.3 is 15.0 Å². The monoisotopic (exact) mass is 321 g/mol. The van der Waals surface area contributed by atoms with E-state index in [9.17, 15) is 4.79 Å². The normalized spacial score (nSPS) is 27.3. The van der Waals surface area contributed by atoms with Crippen LogP contribution in [0, 0.1) is 0 Å². The minimum atomic E-state index is 0.0909. The molecule has 4 rings (SSSR count). The number of ether oxygens (including phenoxy) is 1. The molecular formula is C16H20ClN3O2. The molecule has 1 aromatic carbocycles. The van der Waals surface area contributed by atoms with Crippen LogP contribution in [0.25, 0.3) is 0 Å². The molecule has 3 fully saturated rings. The zero-order chi connectivity index (χ0) is 15.2. The van der Waals surface area contributed by atoms with Gasteiger partial charge in [0.1, 0.15) is 0 Å². The highest BCUT2D eigenvalue weighted by Gasteiger charge is 2.51. The zero-order valence-corrected chi connectivity index (χ0v) is 13.2. The number of benzene rings is 1. The first-order chi connectivity index (χ1) is 10.7. The first kappa shape index (κ1) is 14.5. The third-order valence-electron chi connectivity index (χ3n) is 5.04. The molecule has 3 heterocycles. The molecule has 0 saturated carbocycles. The van der Waals surface area contributed by atoms with Gasteiger partial charge in [0.05, 0.1) is 24.8 Å². The van der Waals surface area contributed by atoms with Crippen molar-refractivity contribution in [2.24, 2.45) is 0 Å². The third-order valence-corrected chi connectivity index (χ3v) is 5.29. The van der Waals surface area contributed by atoms with Crippen LogP contribution < -0.4 is 5.32 Å². The van der Waals surface area contributed by atoms with E-state index >= 15 is 0 Å². The van der Waals surface area contributed by atoms with Crippen LogP contribution in [-0.4, -0.2) is 73.2 Å². The van der Waals surface area contributed by atoms with Gasteiger partial charge in [-0.15, -0.1) is 0 Å². The van der Waals surface area contributed by atoms with Gasteiger partial charge in [-0.05, 0) is 24.3 Å². The summed E-state index contributed by atoms with van der Waals surface area (Å²) >= 11 is 5.91. The maximum absolute atomic E-state index is 12.8. The lowest BCUT2D eigenvalue weighted by molar-refractivity contribution is -0.123. The largest absolute Gasteiger partial charge is 0.378 e. The van der Waals surface area contributed by atoms with Gasteiger partial charge in [0, 0.05) is 43.3 Å². The van der Waals surface area contributed by atoms with Gasteiger partial charge in [-0.2, -0.15) is 0 Å². The average Bonchev–Trinajstić information content (AvgIpc) is 2.52. The minimum absolute atomic E-state index is 0.0909. The Labute approximate surface area is 135 Å². The third kappa shape index (κ3) is 2.33. The SMILES string of the molecule is O=C(c1ccc(Cl)cc1)N1CC2COCCN2C2(CNC2)C1. The number of halogens is 1. The first-order valence-electron chi connectivity index (χ1n) is 7.78. The molecule has 6 heteroatoms. The van der Waals surface area contributed by atoms with Crippen molar-refractivity contribution in [2.45, 2.75) is 11.6 Å². The molecule has 3 aliphatic rings. The second-order valence-corrected chi connectivity index (χ2v) is 6.88. The number of fused-ring (bicyclic) bond motifs is 2. The van der Waals surface area contributed by atoms with Crippen LogP contribution in [0.2, 0.25) is 5.02 Å². The van der Waals surface area contributed by atoms with Crippen LogP contribution in [0.15, 0.2) is 24.3 Å². The minimum Gasteiger partial charge on any atom is -0.378 e. The first-order valence-corrected chi connectivity index (χ1v) is 8.16. The predicted octanol–water partition coefficient (Wildman–Crippen LogP) is 0.839. The second kappa shape index (κ2) is 5.49. The van der Waals surface area contributed by atoms with Crippen molar-refractivity contribution in [3.05, 3.63) is 34.9 Å². The number of amides is 1. The van der Waals surface area contributed by atoms with Gasteiger partial charge in [-0.25, -0.2) is 0 Å². The quantitative estimate of drug-likeness (QED) is 0.832. The van der Waals surface area contributed by atoms with Gasteiger partial charge in [-0.3, -0.25) is 9.69 Å². The molecule has 1 aromatic rings. The van der Waals surface area contributed by atoms with Gasteiger partial charge >= 0.3 is 0 Å². The number of carbonyl (C=O) groups excluding carboxylic acids is 1. The van der Waals surface area contributed by atoms with E-state index in [1.165, 1.54) is 0 Å². The van der Waals surface area contributed by atoms with Crippen molar-refractivity contribution < 1.29 is 9.53 Å². The lowest BCUT2D eigenvalue weighted by Crippen LogP contribution is -2.80. The Balaban J connectivity index is 1.57. The van der Waals surface area contributed by atoms with Crippen LogP contribution in [0.5, 0.6) is 0 Å². The number of rotatable bonds is 1. The summed E-state index contributed by atoms with van der Waals surface area (Å²) in [5, 5.41) is 4.03. The lowest BCUT2D eigenvalue weighted by atomic mass is 9.84. The number of morpholine rings is 1. The summed E-state index contributed by atoms with van der Waals surface area (Å²) in [6.07, 6.45) is 0. The molecule has 1 unspecified atom stereocenters. The molecule has 5 nitrogen and oxygen atoms in total. The van der Waals surface area contributed by atoms with E-state index in [-0.39, 0.29) is 11.4 Å². The number of nitrogens with one attached hydrogen (secondary N) is 1. The van der Waals surface area contributed by atoms with Crippen molar-refractivity contribution >= 4 is 17.5 Å². The van der Waals surface area contributed by atoms with Gasteiger partial charge in [0.25, 0.3) is 5.91 Å². The smallest absolute Gasteiger partial charge is 0.253 e. The summed E-state index contributed by atoms with van der Waals surface area (Å²) < 4.78 is 5.63. The van der Waals surface area contributed by atoms with Crippen LogP contribution >= 0.6 is 11.6 Å². The van der Waals surface area contributed by atoms with Crippen LogP contribution in [0.3, 0.4) is 0 Å². The molecule has 1 amide bonds. The van der Waals surface area contributed by atoms with Gasteiger partial charge in [-0.1, -0.05) is 11.6 Å². The molecule has 0 aliphatic carbocycles. The fourth-order valence-electron chi connectivity index (χ4n) is 3.85. The lowest BCUT2D eigenvalue weighted by Gasteiger charge is -2.60. The number of carbonyl (C=O) groups is 1. The number of hydrogen-bond acceptors (Lipinski definition) is 4. The summed E-state index contributed by atoms with van der Waals surface area (Å²) in [6.45, 7) is 5.91. The number of piperazine rings is 1. The maximum atomic E-state index is 12.8. The average molecular weight is 322 g/mol. The van der Waals surface area contributed by atoms with Gasteiger partial charge in [0.15, 0.2) is 0 Å². The molecule has 3 aliphatic heterocycles. The molecule has 22 heavy (non-hydrogen) atoms. The van der Waals surface area contributed by atoms with Crippen molar-refractivity contribution in [2.75, 3.05) is 45.9 Å². The fourth-order valence-corrected chi connectivity index (χ4v) is 3.98. The Kier molecular flexibility index (Phi) is 3.61. The molecule has 0 radical (unpaired) electrons. The maximum Gasteiger partial charge on any atom is 0.253 e. The van der Waals surface area contributed by atoms with E-state index in [0.29, 0.717) is 23.2 Å². The molecule has 0 bridgehead atoms. The highest BCUT2D eigenvalue weighted by molar-refractivity contribution is 6.30. The summed E-state index contributed by atoms with van der Waals surface area (Å²) in [5.41, 5.74) is 0.798. The summed E-state index contributed by atoms with van der Waals surface area (Å²) in [7, 11) is 0. The van der Waals surface area contributed by atoms with Crippen LogP contribution in [0.4, 0.5) is 0 Å². The Hall–Kier alpha value is -1.14. The van der Waals surface area contributed by atoms with E-state index in [0.717, 1.165) is 39.3 Å². The van der Waals surface area contributed by atoms with E-state index in [2.05, 4.69) is 10.2 Å². The highest BCUT2D eigenvalue weighted by Crippen LogP contribution is 2.31. The molecular weight excluding hydrogens is 302 g/mol. The molecule has 0 aromatic heterocycles. The molecule has 1 spiro atoms. The Morgan fingerprint density at radius 1 is 1.32 bits per heavy atom. The Morgan fingerprint density at radius 2 is 2.09 bits per heavy atom. The van der Waals surface area contributed by atoms with E-state index in [4.69, 9.17) is 16.3 Å². The summed E-state index contributed by atoms with van der Waals surface area (Å²) in [6, 6.07) is 7.46. The topological polar surface area (TPSA) is 44.8 Å². The Bertz CT molecular complexity index is 573. The fraction of sp³-hybridized carbons (Fsp3) is 0.562. The number of hydrogen-bond donors (Lipinski definition) is 1. The van der Waals surface area contributed by atoms with Crippen molar-refractivity contribution in [1.82, 2.24) is 15.1 Å². The van der Waals surface area contributed by atoms with E-state index < -0.39 is 0 Å². The highest BCUT2D eigenvalue weighted by atomic mass is 35.5. The predicted molar refractivity (Wildman–Crippen MR) is 84.3 cm³/mol. The molecule has 118 valence electrons. The summed E-state index contributed by atoms with van der Waals surface area (Å²) in [4.78, 5) is 17.4. The number of nitrogens with zero attached hydrogens (tertiary/aromatic N) is 2. The summed E-state index contributed by atoms with van der Waals surface area (Å²) in [5.74, 6) is 0.0909. The molecule has 1 atom stereocenters. The molecule has 3 saturated heterocycles. The van der Waals surface area contributed by atoms with Crippen LogP contribution in [-0.2, 0) is 4.74 Å². The second-order valence-electron chi connectivity index (χ2n) is 6.44. The molecule has 1 N–H and O–H groups in total.